The van der Waals surface area contributed by atoms with Crippen LogP contribution >= 0.6 is 0 Å². The summed E-state index contributed by atoms with van der Waals surface area (Å²) in [6.45, 7) is 4.00. The lowest BCUT2D eigenvalue weighted by molar-refractivity contribution is 0.0949. The Kier molecular flexibility index (Phi) is 4.95. The maximum Gasteiger partial charge on any atom is 0.255 e. The zero-order chi connectivity index (χ0) is 15.2. The third-order valence-electron chi connectivity index (χ3n) is 3.12. The van der Waals surface area contributed by atoms with Gasteiger partial charge in [-0.25, -0.2) is 0 Å². The molecule has 110 valence electrons. The maximum absolute atomic E-state index is 12.2. The Labute approximate surface area is 124 Å². The van der Waals surface area contributed by atoms with Gasteiger partial charge in [-0.3, -0.25) is 4.79 Å². The molecule has 2 N–H and O–H groups in total. The number of amides is 1. The van der Waals surface area contributed by atoms with Crippen LogP contribution in [0.1, 0.15) is 34.4 Å². The fraction of sp³-hybridized carbons (Fsp3) is 0.235. The minimum atomic E-state index is -0.165. The van der Waals surface area contributed by atoms with Crippen LogP contribution < -0.4 is 5.32 Å². The van der Waals surface area contributed by atoms with Gasteiger partial charge in [-0.2, -0.15) is 0 Å². The molecular formula is C17H19NO3. The molecule has 1 aromatic carbocycles. The molecular weight excluding hydrogens is 266 g/mol. The number of carbonyl (C=O) groups is 1. The van der Waals surface area contributed by atoms with Crippen LogP contribution in [-0.4, -0.2) is 17.6 Å². The van der Waals surface area contributed by atoms with Crippen LogP contribution in [0.3, 0.4) is 0 Å². The molecule has 0 aliphatic heterocycles. The van der Waals surface area contributed by atoms with E-state index in [0.29, 0.717) is 23.6 Å². The second-order valence-corrected chi connectivity index (χ2v) is 4.94. The van der Waals surface area contributed by atoms with Gasteiger partial charge in [0.2, 0.25) is 0 Å². The number of benzene rings is 1. The van der Waals surface area contributed by atoms with Crippen molar-refractivity contribution in [3.05, 3.63) is 64.6 Å². The minimum Gasteiger partial charge on any atom is -0.461 e. The summed E-state index contributed by atoms with van der Waals surface area (Å²) in [4.78, 5) is 12.2. The number of aliphatic hydroxyl groups is 1. The van der Waals surface area contributed by atoms with E-state index >= 15 is 0 Å². The van der Waals surface area contributed by atoms with E-state index in [1.165, 1.54) is 0 Å². The summed E-state index contributed by atoms with van der Waals surface area (Å²) in [6, 6.07) is 11.4. The first-order chi connectivity index (χ1) is 10.1. The third kappa shape index (κ3) is 4.07. The predicted molar refractivity (Wildman–Crippen MR) is 81.8 cm³/mol. The predicted octanol–water partition coefficient (Wildman–Crippen LogP) is 2.91. The van der Waals surface area contributed by atoms with Gasteiger partial charge in [-0.15, -0.1) is 0 Å². The van der Waals surface area contributed by atoms with E-state index in [4.69, 9.17) is 9.52 Å². The van der Waals surface area contributed by atoms with Crippen molar-refractivity contribution >= 4 is 12.0 Å². The molecule has 4 heteroatoms. The molecule has 21 heavy (non-hydrogen) atoms. The molecule has 0 bridgehead atoms. The second kappa shape index (κ2) is 6.90. The molecule has 0 spiro atoms. The smallest absolute Gasteiger partial charge is 0.255 e. The number of hydrogen-bond donors (Lipinski definition) is 2. The van der Waals surface area contributed by atoms with Crippen molar-refractivity contribution in [2.45, 2.75) is 20.4 Å². The molecule has 0 aliphatic rings. The van der Waals surface area contributed by atoms with E-state index in [1.54, 1.807) is 26.0 Å². The van der Waals surface area contributed by atoms with Crippen molar-refractivity contribution in [2.75, 3.05) is 6.61 Å². The van der Waals surface area contributed by atoms with Crippen LogP contribution in [-0.2, 0) is 6.54 Å². The van der Waals surface area contributed by atoms with Gasteiger partial charge in [-0.05, 0) is 37.1 Å². The third-order valence-corrected chi connectivity index (χ3v) is 3.12. The lowest BCUT2D eigenvalue weighted by Gasteiger charge is -2.03. The fourth-order valence-corrected chi connectivity index (χ4v) is 1.96. The number of carbonyl (C=O) groups excluding carboxylic acids is 1. The highest BCUT2D eigenvalue weighted by Gasteiger charge is 2.13. The van der Waals surface area contributed by atoms with Gasteiger partial charge < -0.3 is 14.8 Å². The molecule has 0 unspecified atom stereocenters. The number of rotatable bonds is 5. The average molecular weight is 285 g/mol. The van der Waals surface area contributed by atoms with Crippen molar-refractivity contribution in [3.63, 3.8) is 0 Å². The van der Waals surface area contributed by atoms with E-state index in [-0.39, 0.29) is 12.5 Å². The van der Waals surface area contributed by atoms with Crippen LogP contribution in [0.15, 0.2) is 46.4 Å². The van der Waals surface area contributed by atoms with Gasteiger partial charge in [0.25, 0.3) is 5.91 Å². The molecule has 4 nitrogen and oxygen atoms in total. The summed E-state index contributed by atoms with van der Waals surface area (Å²) in [5.74, 6) is 0.975. The Morgan fingerprint density at radius 3 is 2.71 bits per heavy atom. The van der Waals surface area contributed by atoms with E-state index < -0.39 is 0 Å². The van der Waals surface area contributed by atoms with Gasteiger partial charge in [-0.1, -0.05) is 30.3 Å². The molecule has 2 aromatic rings. The number of aliphatic hydroxyl groups excluding tert-OH is 1. The molecule has 0 atom stereocenters. The first kappa shape index (κ1) is 15.1. The van der Waals surface area contributed by atoms with Crippen LogP contribution in [0.5, 0.6) is 0 Å². The highest BCUT2D eigenvalue weighted by molar-refractivity contribution is 5.95. The Morgan fingerprint density at radius 2 is 2.05 bits per heavy atom. The molecule has 0 aliphatic carbocycles. The van der Waals surface area contributed by atoms with Gasteiger partial charge >= 0.3 is 0 Å². The second-order valence-electron chi connectivity index (χ2n) is 4.94. The monoisotopic (exact) mass is 285 g/mol. The molecule has 1 heterocycles. The Balaban J connectivity index is 2.06. The summed E-state index contributed by atoms with van der Waals surface area (Å²) >= 11 is 0. The van der Waals surface area contributed by atoms with Crippen LogP contribution in [0.25, 0.3) is 6.08 Å². The van der Waals surface area contributed by atoms with Crippen molar-refractivity contribution < 1.29 is 14.3 Å². The summed E-state index contributed by atoms with van der Waals surface area (Å²) < 4.78 is 5.51. The van der Waals surface area contributed by atoms with Crippen molar-refractivity contribution in [2.24, 2.45) is 0 Å². The summed E-state index contributed by atoms with van der Waals surface area (Å²) in [6.07, 6.45) is 1.72. The van der Waals surface area contributed by atoms with Crippen LogP contribution in [0.4, 0.5) is 0 Å². The Morgan fingerprint density at radius 1 is 1.33 bits per heavy atom. The number of aryl methyl sites for hydroxylation is 1. The van der Waals surface area contributed by atoms with Crippen molar-refractivity contribution in [3.8, 4) is 0 Å². The van der Waals surface area contributed by atoms with Crippen LogP contribution in [0, 0.1) is 6.92 Å². The Hall–Kier alpha value is -2.33. The fourth-order valence-electron chi connectivity index (χ4n) is 1.96. The van der Waals surface area contributed by atoms with Gasteiger partial charge in [0.1, 0.15) is 11.5 Å². The molecule has 0 radical (unpaired) electrons. The highest BCUT2D eigenvalue weighted by Crippen LogP contribution is 2.17. The molecule has 0 fully saturated rings. The standard InChI is InChI=1S/C17H19NO3/c1-12(11-19)8-15-9-16(13(2)21-15)17(20)18-10-14-6-4-3-5-7-14/h3-9,19H,10-11H2,1-2H3,(H,18,20)/b12-8-. The average Bonchev–Trinajstić information content (AvgIpc) is 2.86. The van der Waals surface area contributed by atoms with Gasteiger partial charge in [0.15, 0.2) is 0 Å². The van der Waals surface area contributed by atoms with Crippen molar-refractivity contribution in [1.82, 2.24) is 5.32 Å². The van der Waals surface area contributed by atoms with Crippen LogP contribution in [0.2, 0.25) is 0 Å². The maximum atomic E-state index is 12.2. The van der Waals surface area contributed by atoms with E-state index in [1.807, 2.05) is 30.3 Å². The lowest BCUT2D eigenvalue weighted by Crippen LogP contribution is -2.22. The quantitative estimate of drug-likeness (QED) is 0.888. The van der Waals surface area contributed by atoms with Gasteiger partial charge in [0.05, 0.1) is 12.2 Å². The number of furan rings is 1. The molecule has 0 saturated carbocycles. The summed E-state index contributed by atoms with van der Waals surface area (Å²) in [7, 11) is 0. The SMILES string of the molecule is C/C(=C/c1cc(C(=O)NCc2ccccc2)c(C)o1)CO. The molecule has 1 amide bonds. The van der Waals surface area contributed by atoms with Gasteiger partial charge in [0, 0.05) is 6.54 Å². The summed E-state index contributed by atoms with van der Waals surface area (Å²) in [5, 5.41) is 11.9. The largest absolute Gasteiger partial charge is 0.461 e. The van der Waals surface area contributed by atoms with Crippen molar-refractivity contribution in [1.29, 1.82) is 0 Å². The molecule has 2 rings (SSSR count). The van der Waals surface area contributed by atoms with E-state index in [0.717, 1.165) is 11.1 Å². The minimum absolute atomic E-state index is 0.0325. The molecule has 1 aromatic heterocycles. The topological polar surface area (TPSA) is 62.5 Å². The zero-order valence-corrected chi connectivity index (χ0v) is 12.2. The molecule has 0 saturated heterocycles. The number of hydrogen-bond acceptors (Lipinski definition) is 3. The van der Waals surface area contributed by atoms with E-state index in [2.05, 4.69) is 5.32 Å². The van der Waals surface area contributed by atoms with E-state index in [9.17, 15) is 4.79 Å². The number of nitrogens with one attached hydrogen (secondary N) is 1. The normalized spacial score (nSPS) is 11.5. The highest BCUT2D eigenvalue weighted by atomic mass is 16.3. The first-order valence-electron chi connectivity index (χ1n) is 6.80. The summed E-state index contributed by atoms with van der Waals surface area (Å²) in [5.41, 5.74) is 2.34. The zero-order valence-electron chi connectivity index (χ0n) is 12.2. The lowest BCUT2D eigenvalue weighted by atomic mass is 10.2. The Bertz CT molecular complexity index is 641. The first-order valence-corrected chi connectivity index (χ1v) is 6.80.